The monoisotopic (exact) mass is 263 g/mol. The summed E-state index contributed by atoms with van der Waals surface area (Å²) in [5.74, 6) is 0. The lowest BCUT2D eigenvalue weighted by atomic mass is 10.0. The molecular weight excluding hydrogens is 238 g/mol. The third kappa shape index (κ3) is 2.90. The lowest BCUT2D eigenvalue weighted by molar-refractivity contribution is 0.248. The number of hydrogen-bond donors (Lipinski definition) is 1. The number of aromatic nitrogens is 1. The standard InChI is InChI=1S/C15H25N3O/c1-3-6-17-8-5-14-13(11-17)9-12(10-16)15(19)18(14)7-4-2/h9H,3-8,10-11,16H2,1-2H3. The van der Waals surface area contributed by atoms with Gasteiger partial charge in [-0.1, -0.05) is 13.8 Å². The topological polar surface area (TPSA) is 51.3 Å². The van der Waals surface area contributed by atoms with E-state index in [1.807, 2.05) is 10.6 Å². The Bertz CT molecular complexity index is 493. The van der Waals surface area contributed by atoms with E-state index in [4.69, 9.17) is 5.73 Å². The maximum Gasteiger partial charge on any atom is 0.255 e. The normalized spacial score (nSPS) is 15.5. The molecule has 0 saturated carbocycles. The average molecular weight is 263 g/mol. The number of hydrogen-bond acceptors (Lipinski definition) is 3. The van der Waals surface area contributed by atoms with Crippen molar-refractivity contribution in [1.82, 2.24) is 9.47 Å². The quantitative estimate of drug-likeness (QED) is 0.875. The molecule has 2 rings (SSSR count). The van der Waals surface area contributed by atoms with Crippen molar-refractivity contribution in [2.24, 2.45) is 5.73 Å². The molecule has 1 aromatic rings. The minimum absolute atomic E-state index is 0.118. The molecule has 4 heteroatoms. The highest BCUT2D eigenvalue weighted by molar-refractivity contribution is 5.29. The fourth-order valence-corrected chi connectivity index (χ4v) is 2.95. The summed E-state index contributed by atoms with van der Waals surface area (Å²) in [7, 11) is 0. The summed E-state index contributed by atoms with van der Waals surface area (Å²) >= 11 is 0. The van der Waals surface area contributed by atoms with Gasteiger partial charge in [-0.3, -0.25) is 9.69 Å². The molecule has 1 aliphatic rings. The Morgan fingerprint density at radius 3 is 2.63 bits per heavy atom. The van der Waals surface area contributed by atoms with Crippen LogP contribution in [0.5, 0.6) is 0 Å². The number of pyridine rings is 1. The summed E-state index contributed by atoms with van der Waals surface area (Å²) in [5.41, 5.74) is 9.12. The van der Waals surface area contributed by atoms with Gasteiger partial charge in [0.05, 0.1) is 0 Å². The van der Waals surface area contributed by atoms with Gasteiger partial charge in [0.15, 0.2) is 0 Å². The molecule has 19 heavy (non-hydrogen) atoms. The molecule has 0 aliphatic carbocycles. The first-order chi connectivity index (χ1) is 9.21. The molecule has 1 aliphatic heterocycles. The molecule has 106 valence electrons. The Morgan fingerprint density at radius 2 is 2.00 bits per heavy atom. The van der Waals surface area contributed by atoms with E-state index >= 15 is 0 Å². The van der Waals surface area contributed by atoms with E-state index in [0.717, 1.165) is 44.6 Å². The van der Waals surface area contributed by atoms with Crippen molar-refractivity contribution < 1.29 is 0 Å². The van der Waals surface area contributed by atoms with Gasteiger partial charge < -0.3 is 10.3 Å². The van der Waals surface area contributed by atoms with Gasteiger partial charge in [0, 0.05) is 43.9 Å². The zero-order valence-corrected chi connectivity index (χ0v) is 12.1. The molecule has 1 aromatic heterocycles. The van der Waals surface area contributed by atoms with Gasteiger partial charge >= 0.3 is 0 Å². The van der Waals surface area contributed by atoms with Crippen molar-refractivity contribution in [3.05, 3.63) is 33.2 Å². The molecule has 0 amide bonds. The minimum Gasteiger partial charge on any atom is -0.326 e. The van der Waals surface area contributed by atoms with Crippen molar-refractivity contribution in [2.45, 2.75) is 52.7 Å². The summed E-state index contributed by atoms with van der Waals surface area (Å²) in [4.78, 5) is 14.8. The lowest BCUT2D eigenvalue weighted by Gasteiger charge is -2.30. The second-order valence-electron chi connectivity index (χ2n) is 5.33. The summed E-state index contributed by atoms with van der Waals surface area (Å²) < 4.78 is 1.96. The van der Waals surface area contributed by atoms with Gasteiger partial charge in [-0.05, 0) is 31.0 Å². The van der Waals surface area contributed by atoms with Crippen molar-refractivity contribution in [3.8, 4) is 0 Å². The van der Waals surface area contributed by atoms with Gasteiger partial charge in [0.25, 0.3) is 5.56 Å². The number of fused-ring (bicyclic) bond motifs is 1. The Balaban J connectivity index is 2.41. The number of rotatable bonds is 5. The van der Waals surface area contributed by atoms with Crippen LogP contribution in [0.4, 0.5) is 0 Å². The Hall–Kier alpha value is -1.13. The fraction of sp³-hybridized carbons (Fsp3) is 0.667. The summed E-state index contributed by atoms with van der Waals surface area (Å²) in [6.45, 7) is 8.61. The molecule has 4 nitrogen and oxygen atoms in total. The first-order valence-electron chi connectivity index (χ1n) is 7.38. The molecule has 2 heterocycles. The predicted molar refractivity (Wildman–Crippen MR) is 78.2 cm³/mol. The van der Waals surface area contributed by atoms with E-state index in [9.17, 15) is 4.79 Å². The molecule has 0 bridgehead atoms. The van der Waals surface area contributed by atoms with E-state index in [1.165, 1.54) is 17.7 Å². The van der Waals surface area contributed by atoms with E-state index in [-0.39, 0.29) is 5.56 Å². The molecule has 0 spiro atoms. The predicted octanol–water partition coefficient (Wildman–Crippen LogP) is 1.49. The van der Waals surface area contributed by atoms with Crippen LogP contribution in [0.15, 0.2) is 10.9 Å². The van der Waals surface area contributed by atoms with E-state index < -0.39 is 0 Å². The summed E-state index contributed by atoms with van der Waals surface area (Å²) in [6.07, 6.45) is 3.14. The van der Waals surface area contributed by atoms with E-state index in [2.05, 4.69) is 18.7 Å². The van der Waals surface area contributed by atoms with Gasteiger partial charge in [0.1, 0.15) is 0 Å². The number of nitrogens with two attached hydrogens (primary N) is 1. The van der Waals surface area contributed by atoms with Crippen LogP contribution in [0.1, 0.15) is 43.5 Å². The van der Waals surface area contributed by atoms with Crippen molar-refractivity contribution in [2.75, 3.05) is 13.1 Å². The molecule has 2 N–H and O–H groups in total. The Kier molecular flexibility index (Phi) is 4.77. The largest absolute Gasteiger partial charge is 0.326 e. The third-order valence-electron chi connectivity index (χ3n) is 3.83. The van der Waals surface area contributed by atoms with Crippen LogP contribution in [0.3, 0.4) is 0 Å². The van der Waals surface area contributed by atoms with Crippen LogP contribution in [-0.4, -0.2) is 22.6 Å². The highest BCUT2D eigenvalue weighted by Gasteiger charge is 2.20. The van der Waals surface area contributed by atoms with Crippen LogP contribution >= 0.6 is 0 Å². The van der Waals surface area contributed by atoms with Crippen LogP contribution < -0.4 is 11.3 Å². The van der Waals surface area contributed by atoms with Crippen molar-refractivity contribution in [3.63, 3.8) is 0 Å². The molecule has 0 fully saturated rings. The summed E-state index contributed by atoms with van der Waals surface area (Å²) in [6, 6.07) is 2.03. The van der Waals surface area contributed by atoms with Crippen LogP contribution in [0.25, 0.3) is 0 Å². The van der Waals surface area contributed by atoms with Gasteiger partial charge in [-0.15, -0.1) is 0 Å². The molecule has 0 radical (unpaired) electrons. The molecular formula is C15H25N3O. The van der Waals surface area contributed by atoms with Gasteiger partial charge in [-0.25, -0.2) is 0 Å². The number of nitrogens with zero attached hydrogens (tertiary/aromatic N) is 2. The highest BCUT2D eigenvalue weighted by atomic mass is 16.1. The second-order valence-corrected chi connectivity index (χ2v) is 5.33. The zero-order valence-electron chi connectivity index (χ0n) is 12.1. The SMILES string of the molecule is CCCN1CCc2c(cc(CN)c(=O)n2CCC)C1. The third-order valence-corrected chi connectivity index (χ3v) is 3.83. The maximum atomic E-state index is 12.3. The molecule has 0 aromatic carbocycles. The Labute approximate surface area is 115 Å². The van der Waals surface area contributed by atoms with Gasteiger partial charge in [-0.2, -0.15) is 0 Å². The van der Waals surface area contributed by atoms with Crippen LogP contribution in [0.2, 0.25) is 0 Å². The average Bonchev–Trinajstić information content (AvgIpc) is 2.42. The first-order valence-corrected chi connectivity index (χ1v) is 7.38. The summed E-state index contributed by atoms with van der Waals surface area (Å²) in [5, 5.41) is 0. The maximum absolute atomic E-state index is 12.3. The zero-order chi connectivity index (χ0) is 13.8. The van der Waals surface area contributed by atoms with Gasteiger partial charge in [0.2, 0.25) is 0 Å². The first kappa shape index (κ1) is 14.3. The van der Waals surface area contributed by atoms with Crippen LogP contribution in [0, 0.1) is 0 Å². The van der Waals surface area contributed by atoms with Crippen molar-refractivity contribution >= 4 is 0 Å². The van der Waals surface area contributed by atoms with E-state index in [1.54, 1.807) is 0 Å². The smallest absolute Gasteiger partial charge is 0.255 e. The lowest BCUT2D eigenvalue weighted by Crippen LogP contribution is -2.37. The Morgan fingerprint density at radius 1 is 1.26 bits per heavy atom. The molecule has 0 saturated heterocycles. The minimum atomic E-state index is 0.118. The van der Waals surface area contributed by atoms with Crippen molar-refractivity contribution in [1.29, 1.82) is 0 Å². The molecule has 0 atom stereocenters. The van der Waals surface area contributed by atoms with Crippen LogP contribution in [-0.2, 0) is 26.1 Å². The molecule has 0 unspecified atom stereocenters. The highest BCUT2D eigenvalue weighted by Crippen LogP contribution is 2.19. The fourth-order valence-electron chi connectivity index (χ4n) is 2.95. The second kappa shape index (κ2) is 6.35. The van der Waals surface area contributed by atoms with E-state index in [0.29, 0.717) is 6.54 Å².